The summed E-state index contributed by atoms with van der Waals surface area (Å²) in [4.78, 5) is 38.7. The summed E-state index contributed by atoms with van der Waals surface area (Å²) in [5.74, 6) is -0.128. The number of thiophene rings is 1. The monoisotopic (exact) mass is 418 g/mol. The maximum Gasteiger partial charge on any atom is 0.222 e. The Morgan fingerprint density at radius 1 is 1.04 bits per heavy atom. The van der Waals surface area contributed by atoms with Crippen molar-refractivity contribution in [3.05, 3.63) is 56.7 Å². The quantitative estimate of drug-likeness (QED) is 0.523. The van der Waals surface area contributed by atoms with Gasteiger partial charge in [0.2, 0.25) is 11.8 Å². The first kappa shape index (κ1) is 20.6. The molecule has 0 unspecified atom stereocenters. The summed E-state index contributed by atoms with van der Waals surface area (Å²) in [6, 6.07) is 11.6. The second-order valence-electron chi connectivity index (χ2n) is 6.81. The van der Waals surface area contributed by atoms with Gasteiger partial charge in [0.15, 0.2) is 5.78 Å². The summed E-state index contributed by atoms with van der Waals surface area (Å²) in [5.41, 5.74) is 2.53. The number of halogens is 1. The van der Waals surface area contributed by atoms with Crippen molar-refractivity contribution in [3.63, 3.8) is 0 Å². The van der Waals surface area contributed by atoms with Crippen molar-refractivity contribution in [1.82, 2.24) is 10.2 Å². The van der Waals surface area contributed by atoms with Gasteiger partial charge in [-0.15, -0.1) is 11.3 Å². The molecule has 28 heavy (non-hydrogen) atoms. The molecule has 148 valence electrons. The van der Waals surface area contributed by atoms with E-state index in [1.54, 1.807) is 12.1 Å². The number of ketones is 1. The molecule has 0 fully saturated rings. The number of Topliss-reactive ketones (excluding diaryl/α,β-unsaturated/α-hetero) is 1. The van der Waals surface area contributed by atoms with Crippen LogP contribution in [0.2, 0.25) is 4.34 Å². The van der Waals surface area contributed by atoms with Crippen LogP contribution in [0.3, 0.4) is 0 Å². The van der Waals surface area contributed by atoms with Gasteiger partial charge in [-0.05, 0) is 36.1 Å². The number of carbonyl (C=O) groups excluding carboxylic acids is 3. The van der Waals surface area contributed by atoms with E-state index >= 15 is 0 Å². The molecule has 0 radical (unpaired) electrons. The topological polar surface area (TPSA) is 66.5 Å². The molecule has 0 aliphatic carbocycles. The van der Waals surface area contributed by atoms with Gasteiger partial charge in [-0.2, -0.15) is 0 Å². The average Bonchev–Trinajstić information content (AvgIpc) is 3.15. The van der Waals surface area contributed by atoms with Gasteiger partial charge in [0.1, 0.15) is 0 Å². The zero-order valence-corrected chi connectivity index (χ0v) is 17.2. The molecule has 2 aromatic rings. The third kappa shape index (κ3) is 5.66. The normalized spacial score (nSPS) is 13.1. The molecule has 1 N–H and O–H groups in total. The molecule has 5 nitrogen and oxygen atoms in total. The Balaban J connectivity index is 1.31. The maximum absolute atomic E-state index is 12.4. The molecule has 2 amide bonds. The smallest absolute Gasteiger partial charge is 0.222 e. The molecule has 7 heteroatoms. The van der Waals surface area contributed by atoms with Gasteiger partial charge in [-0.25, -0.2) is 0 Å². The summed E-state index contributed by atoms with van der Waals surface area (Å²) >= 11 is 7.04. The highest BCUT2D eigenvalue weighted by Crippen LogP contribution is 2.23. The van der Waals surface area contributed by atoms with E-state index in [2.05, 4.69) is 17.4 Å². The zero-order valence-electron chi connectivity index (χ0n) is 15.6. The van der Waals surface area contributed by atoms with Crippen LogP contribution in [0.15, 0.2) is 36.4 Å². The first-order valence-electron chi connectivity index (χ1n) is 9.43. The van der Waals surface area contributed by atoms with Crippen molar-refractivity contribution in [1.29, 1.82) is 0 Å². The SMILES string of the molecule is O=C(CCC(=O)c1ccc(Cl)s1)NCCCC(=O)N1CCc2ccccc2C1. The fourth-order valence-corrected chi connectivity index (χ4v) is 4.25. The van der Waals surface area contributed by atoms with Gasteiger partial charge in [0.05, 0.1) is 9.21 Å². The molecule has 1 aromatic carbocycles. The lowest BCUT2D eigenvalue weighted by atomic mass is 9.99. The largest absolute Gasteiger partial charge is 0.356 e. The van der Waals surface area contributed by atoms with E-state index in [0.717, 1.165) is 13.0 Å². The minimum atomic E-state index is -0.171. The summed E-state index contributed by atoms with van der Waals surface area (Å²) < 4.78 is 0.565. The number of rotatable bonds is 8. The molecule has 1 aromatic heterocycles. The summed E-state index contributed by atoms with van der Waals surface area (Å²) in [5, 5.41) is 2.78. The molecular weight excluding hydrogens is 396 g/mol. The number of hydrogen-bond acceptors (Lipinski definition) is 4. The van der Waals surface area contributed by atoms with Crippen molar-refractivity contribution < 1.29 is 14.4 Å². The van der Waals surface area contributed by atoms with Crippen LogP contribution in [0.5, 0.6) is 0 Å². The predicted octanol–water partition coefficient (Wildman–Crippen LogP) is 3.85. The van der Waals surface area contributed by atoms with Crippen LogP contribution >= 0.6 is 22.9 Å². The van der Waals surface area contributed by atoms with E-state index in [9.17, 15) is 14.4 Å². The van der Waals surface area contributed by atoms with Crippen LogP contribution in [0.1, 0.15) is 46.5 Å². The van der Waals surface area contributed by atoms with Crippen LogP contribution < -0.4 is 5.32 Å². The standard InChI is InChI=1S/C21H23ClN2O3S/c22-19-9-8-18(28-19)17(25)7-10-20(26)23-12-3-6-21(27)24-13-11-15-4-1-2-5-16(15)14-24/h1-2,4-5,8-9H,3,6-7,10-14H2,(H,23,26). The van der Waals surface area contributed by atoms with Crippen LogP contribution in [0, 0.1) is 0 Å². The number of nitrogens with one attached hydrogen (secondary N) is 1. The Kier molecular flexibility index (Phi) is 7.23. The molecule has 1 aliphatic heterocycles. The number of carbonyl (C=O) groups is 3. The summed E-state index contributed by atoms with van der Waals surface area (Å²) in [7, 11) is 0. The van der Waals surface area contributed by atoms with E-state index in [1.165, 1.54) is 22.5 Å². The molecule has 0 atom stereocenters. The van der Waals surface area contributed by atoms with Crippen LogP contribution in [0.25, 0.3) is 0 Å². The second-order valence-corrected chi connectivity index (χ2v) is 8.53. The number of amides is 2. The fraction of sp³-hybridized carbons (Fsp3) is 0.381. The number of nitrogens with zero attached hydrogens (tertiary/aromatic N) is 1. The van der Waals surface area contributed by atoms with Gasteiger partial charge < -0.3 is 10.2 Å². The fourth-order valence-electron chi connectivity index (χ4n) is 3.24. The molecule has 0 saturated carbocycles. The lowest BCUT2D eigenvalue weighted by molar-refractivity contribution is -0.132. The third-order valence-electron chi connectivity index (χ3n) is 4.80. The predicted molar refractivity (Wildman–Crippen MR) is 111 cm³/mol. The van der Waals surface area contributed by atoms with Crippen molar-refractivity contribution in [2.45, 2.75) is 38.6 Å². The van der Waals surface area contributed by atoms with Crippen molar-refractivity contribution in [2.24, 2.45) is 0 Å². The Labute approximate surface area is 173 Å². The number of hydrogen-bond donors (Lipinski definition) is 1. The van der Waals surface area contributed by atoms with Crippen molar-refractivity contribution >= 4 is 40.5 Å². The molecule has 2 heterocycles. The van der Waals surface area contributed by atoms with Crippen LogP contribution in [-0.4, -0.2) is 35.6 Å². The lowest BCUT2D eigenvalue weighted by Crippen LogP contribution is -2.36. The number of benzene rings is 1. The first-order valence-corrected chi connectivity index (χ1v) is 10.6. The molecule has 0 spiro atoms. The Bertz CT molecular complexity index is 865. The first-order chi connectivity index (χ1) is 13.5. The van der Waals surface area contributed by atoms with Gasteiger partial charge in [-0.1, -0.05) is 35.9 Å². The Morgan fingerprint density at radius 2 is 1.82 bits per heavy atom. The Morgan fingerprint density at radius 3 is 2.57 bits per heavy atom. The van der Waals surface area contributed by atoms with Crippen LogP contribution in [-0.2, 0) is 22.6 Å². The molecule has 0 saturated heterocycles. The summed E-state index contributed by atoms with van der Waals surface area (Å²) in [6.45, 7) is 1.85. The van der Waals surface area contributed by atoms with Gasteiger partial charge >= 0.3 is 0 Å². The average molecular weight is 419 g/mol. The van der Waals surface area contributed by atoms with E-state index in [0.29, 0.717) is 35.1 Å². The third-order valence-corrected chi connectivity index (χ3v) is 6.07. The molecule has 0 bridgehead atoms. The van der Waals surface area contributed by atoms with E-state index in [-0.39, 0.29) is 30.4 Å². The van der Waals surface area contributed by atoms with Crippen molar-refractivity contribution in [2.75, 3.05) is 13.1 Å². The van der Waals surface area contributed by atoms with Crippen molar-refractivity contribution in [3.8, 4) is 0 Å². The van der Waals surface area contributed by atoms with Gasteiger partial charge in [0.25, 0.3) is 0 Å². The van der Waals surface area contributed by atoms with E-state index in [4.69, 9.17) is 11.6 Å². The molecular formula is C21H23ClN2O3S. The zero-order chi connectivity index (χ0) is 19.9. The molecule has 1 aliphatic rings. The summed E-state index contributed by atoms with van der Waals surface area (Å²) in [6.07, 6.45) is 2.20. The van der Waals surface area contributed by atoms with Gasteiger partial charge in [-0.3, -0.25) is 14.4 Å². The molecule has 3 rings (SSSR count). The lowest BCUT2D eigenvalue weighted by Gasteiger charge is -2.29. The Hall–Kier alpha value is -2.18. The number of fused-ring (bicyclic) bond motifs is 1. The highest BCUT2D eigenvalue weighted by atomic mass is 35.5. The highest BCUT2D eigenvalue weighted by molar-refractivity contribution is 7.18. The highest BCUT2D eigenvalue weighted by Gasteiger charge is 2.19. The minimum absolute atomic E-state index is 0.0763. The maximum atomic E-state index is 12.4. The minimum Gasteiger partial charge on any atom is -0.356 e. The van der Waals surface area contributed by atoms with Crippen LogP contribution in [0.4, 0.5) is 0 Å². The van der Waals surface area contributed by atoms with Gasteiger partial charge in [0, 0.05) is 38.9 Å². The van der Waals surface area contributed by atoms with E-state index < -0.39 is 0 Å². The second kappa shape index (κ2) is 9.85. The van der Waals surface area contributed by atoms with E-state index in [1.807, 2.05) is 17.0 Å².